The van der Waals surface area contributed by atoms with Crippen molar-refractivity contribution < 1.29 is 14.3 Å². The van der Waals surface area contributed by atoms with Gasteiger partial charge in [0.15, 0.2) is 0 Å². The highest BCUT2D eigenvalue weighted by Crippen LogP contribution is 2.19. The number of rotatable bonds is 5. The molecular weight excluding hydrogens is 328 g/mol. The van der Waals surface area contributed by atoms with E-state index in [1.807, 2.05) is 60.7 Å². The molecule has 0 aromatic heterocycles. The van der Waals surface area contributed by atoms with E-state index >= 15 is 0 Å². The number of amides is 1. The summed E-state index contributed by atoms with van der Waals surface area (Å²) in [6, 6.07) is 19.1. The number of esters is 1. The van der Waals surface area contributed by atoms with Crippen LogP contribution in [0.25, 0.3) is 0 Å². The zero-order valence-corrected chi connectivity index (χ0v) is 14.8. The second kappa shape index (κ2) is 8.43. The number of aliphatic imine (C=N–C) groups is 1. The summed E-state index contributed by atoms with van der Waals surface area (Å²) in [6.07, 6.45) is 1.45. The van der Waals surface area contributed by atoms with Crippen molar-refractivity contribution in [1.29, 1.82) is 0 Å². The van der Waals surface area contributed by atoms with Crippen LogP contribution in [0.2, 0.25) is 0 Å². The Bertz CT molecular complexity index is 746. The summed E-state index contributed by atoms with van der Waals surface area (Å²) < 4.78 is 4.81. The predicted octanol–water partition coefficient (Wildman–Crippen LogP) is 2.69. The quantitative estimate of drug-likeness (QED) is 0.615. The van der Waals surface area contributed by atoms with E-state index in [2.05, 4.69) is 4.99 Å². The van der Waals surface area contributed by atoms with Crippen molar-refractivity contribution in [3.8, 4) is 0 Å². The molecule has 2 aromatic rings. The third-order valence-electron chi connectivity index (χ3n) is 4.51. The van der Waals surface area contributed by atoms with Gasteiger partial charge in [-0.25, -0.2) is 4.79 Å². The van der Waals surface area contributed by atoms with Gasteiger partial charge in [0, 0.05) is 17.7 Å². The molecule has 2 aromatic carbocycles. The number of hydrogen-bond donors (Lipinski definition) is 0. The Morgan fingerprint density at radius 1 is 1.04 bits per heavy atom. The van der Waals surface area contributed by atoms with Crippen LogP contribution in [-0.4, -0.2) is 48.7 Å². The number of benzene rings is 2. The van der Waals surface area contributed by atoms with Gasteiger partial charge >= 0.3 is 5.97 Å². The molecule has 0 unspecified atom stereocenters. The highest BCUT2D eigenvalue weighted by atomic mass is 16.5. The third kappa shape index (κ3) is 3.99. The molecule has 0 saturated carbocycles. The molecular formula is C21H22N2O3. The molecule has 1 atom stereocenters. The normalized spacial score (nSPS) is 16.2. The minimum Gasteiger partial charge on any atom is -0.467 e. The molecule has 1 heterocycles. The molecule has 0 aliphatic carbocycles. The summed E-state index contributed by atoms with van der Waals surface area (Å²) in [5.41, 5.74) is 2.68. The van der Waals surface area contributed by atoms with E-state index in [0.29, 0.717) is 13.0 Å². The van der Waals surface area contributed by atoms with E-state index in [1.165, 1.54) is 7.11 Å². The number of carbonyl (C=O) groups is 2. The van der Waals surface area contributed by atoms with Crippen molar-refractivity contribution in [1.82, 2.24) is 4.90 Å². The number of methoxy groups -OCH3 is 1. The number of hydrogen-bond acceptors (Lipinski definition) is 4. The summed E-state index contributed by atoms with van der Waals surface area (Å²) in [4.78, 5) is 30.7. The Morgan fingerprint density at radius 3 is 2.15 bits per heavy atom. The zero-order valence-electron chi connectivity index (χ0n) is 14.8. The van der Waals surface area contributed by atoms with Gasteiger partial charge < -0.3 is 9.64 Å². The second-order valence-electron chi connectivity index (χ2n) is 6.17. The van der Waals surface area contributed by atoms with E-state index in [-0.39, 0.29) is 18.4 Å². The third-order valence-corrected chi connectivity index (χ3v) is 4.51. The van der Waals surface area contributed by atoms with Crippen LogP contribution in [0.15, 0.2) is 65.7 Å². The smallest absolute Gasteiger partial charge is 0.328 e. The molecule has 0 N–H and O–H groups in total. The van der Waals surface area contributed by atoms with Gasteiger partial charge in [0.25, 0.3) is 0 Å². The van der Waals surface area contributed by atoms with Gasteiger partial charge in [0.2, 0.25) is 5.91 Å². The zero-order chi connectivity index (χ0) is 18.4. The molecule has 0 spiro atoms. The van der Waals surface area contributed by atoms with Gasteiger partial charge in [-0.15, -0.1) is 0 Å². The van der Waals surface area contributed by atoms with Gasteiger partial charge in [-0.3, -0.25) is 9.79 Å². The molecule has 5 nitrogen and oxygen atoms in total. The Balaban J connectivity index is 1.83. The van der Waals surface area contributed by atoms with Gasteiger partial charge in [-0.2, -0.15) is 0 Å². The van der Waals surface area contributed by atoms with Gasteiger partial charge in [-0.1, -0.05) is 60.7 Å². The first-order chi connectivity index (χ1) is 12.7. The Labute approximate surface area is 153 Å². The monoisotopic (exact) mass is 350 g/mol. The molecule has 0 radical (unpaired) electrons. The van der Waals surface area contributed by atoms with Crippen LogP contribution in [0.3, 0.4) is 0 Å². The first kappa shape index (κ1) is 17.9. The Kier molecular flexibility index (Phi) is 5.79. The molecule has 0 bridgehead atoms. The molecule has 134 valence electrons. The van der Waals surface area contributed by atoms with Crippen molar-refractivity contribution in [2.45, 2.75) is 18.9 Å². The lowest BCUT2D eigenvalue weighted by Crippen LogP contribution is -2.42. The summed E-state index contributed by atoms with van der Waals surface area (Å²) in [6.45, 7) is 0.576. The SMILES string of the molecule is COC(=O)[C@@H]1CCCN1C(=O)CN=C(c1ccccc1)c1ccccc1. The van der Waals surface area contributed by atoms with Crippen molar-refractivity contribution in [3.05, 3.63) is 71.8 Å². The maximum absolute atomic E-state index is 12.7. The largest absolute Gasteiger partial charge is 0.467 e. The predicted molar refractivity (Wildman–Crippen MR) is 100 cm³/mol. The minimum absolute atomic E-state index is 0.00656. The maximum Gasteiger partial charge on any atom is 0.328 e. The van der Waals surface area contributed by atoms with Crippen LogP contribution >= 0.6 is 0 Å². The van der Waals surface area contributed by atoms with Gasteiger partial charge in [0.1, 0.15) is 12.6 Å². The van der Waals surface area contributed by atoms with Gasteiger partial charge in [0.05, 0.1) is 12.8 Å². The van der Waals surface area contributed by atoms with Crippen molar-refractivity contribution >= 4 is 17.6 Å². The first-order valence-electron chi connectivity index (χ1n) is 8.73. The molecule has 26 heavy (non-hydrogen) atoms. The van der Waals surface area contributed by atoms with E-state index in [4.69, 9.17) is 4.74 Å². The van der Waals surface area contributed by atoms with Crippen LogP contribution < -0.4 is 0 Å². The average molecular weight is 350 g/mol. The summed E-state index contributed by atoms with van der Waals surface area (Å²) in [5.74, 6) is -0.506. The number of likely N-dealkylation sites (tertiary alicyclic amines) is 1. The Morgan fingerprint density at radius 2 is 1.62 bits per heavy atom. The molecule has 1 fully saturated rings. The lowest BCUT2D eigenvalue weighted by atomic mass is 10.0. The van der Waals surface area contributed by atoms with E-state index in [9.17, 15) is 9.59 Å². The molecule has 5 heteroatoms. The highest BCUT2D eigenvalue weighted by molar-refractivity contribution is 6.13. The van der Waals surface area contributed by atoms with E-state index < -0.39 is 6.04 Å². The van der Waals surface area contributed by atoms with Crippen molar-refractivity contribution in [3.63, 3.8) is 0 Å². The van der Waals surface area contributed by atoms with Crippen LogP contribution in [0.5, 0.6) is 0 Å². The lowest BCUT2D eigenvalue weighted by Gasteiger charge is -2.22. The fourth-order valence-corrected chi connectivity index (χ4v) is 3.23. The summed E-state index contributed by atoms with van der Waals surface area (Å²) >= 11 is 0. The molecule has 1 saturated heterocycles. The fraction of sp³-hybridized carbons (Fsp3) is 0.286. The molecule has 3 rings (SSSR count). The standard InChI is InChI=1S/C21H22N2O3/c1-26-21(25)18-13-8-14-23(18)19(24)15-22-20(16-9-4-2-5-10-16)17-11-6-3-7-12-17/h2-7,9-12,18H,8,13-15H2,1H3/t18-/m0/s1. The number of nitrogens with zero attached hydrogens (tertiary/aromatic N) is 2. The van der Waals surface area contributed by atoms with Crippen molar-refractivity contribution in [2.75, 3.05) is 20.2 Å². The van der Waals surface area contributed by atoms with Crippen LogP contribution in [0, 0.1) is 0 Å². The molecule has 1 aliphatic heterocycles. The average Bonchev–Trinajstić information content (AvgIpc) is 3.19. The number of ether oxygens (including phenoxy) is 1. The van der Waals surface area contributed by atoms with Crippen LogP contribution in [0.1, 0.15) is 24.0 Å². The second-order valence-corrected chi connectivity index (χ2v) is 6.17. The minimum atomic E-state index is -0.486. The van der Waals surface area contributed by atoms with Crippen molar-refractivity contribution in [2.24, 2.45) is 4.99 Å². The first-order valence-corrected chi connectivity index (χ1v) is 8.73. The maximum atomic E-state index is 12.7. The number of carbonyl (C=O) groups excluding carboxylic acids is 2. The van der Waals surface area contributed by atoms with E-state index in [0.717, 1.165) is 23.3 Å². The Hall–Kier alpha value is -2.95. The lowest BCUT2D eigenvalue weighted by molar-refractivity contribution is -0.150. The highest BCUT2D eigenvalue weighted by Gasteiger charge is 2.34. The summed E-state index contributed by atoms with van der Waals surface area (Å²) in [5, 5.41) is 0. The topological polar surface area (TPSA) is 59.0 Å². The van der Waals surface area contributed by atoms with E-state index in [1.54, 1.807) is 4.90 Å². The molecule has 1 aliphatic rings. The van der Waals surface area contributed by atoms with Gasteiger partial charge in [-0.05, 0) is 12.8 Å². The molecule has 1 amide bonds. The summed E-state index contributed by atoms with van der Waals surface area (Å²) in [7, 11) is 1.35. The fourth-order valence-electron chi connectivity index (χ4n) is 3.23. The van der Waals surface area contributed by atoms with Crippen LogP contribution in [-0.2, 0) is 14.3 Å². The van der Waals surface area contributed by atoms with Crippen LogP contribution in [0.4, 0.5) is 0 Å².